The third-order valence-corrected chi connectivity index (χ3v) is 5.09. The summed E-state index contributed by atoms with van der Waals surface area (Å²) in [5.41, 5.74) is 2.26. The minimum atomic E-state index is -0.413. The molecule has 2 aromatic rings. The quantitative estimate of drug-likeness (QED) is 0.447. The van der Waals surface area contributed by atoms with Crippen LogP contribution >= 0.6 is 22.6 Å². The van der Waals surface area contributed by atoms with Crippen molar-refractivity contribution in [3.8, 4) is 0 Å². The minimum Gasteiger partial charge on any atom is -0.368 e. The molecule has 0 radical (unpaired) electrons. The Balaban J connectivity index is 1.66. The van der Waals surface area contributed by atoms with Gasteiger partial charge in [-0.05, 0) is 11.1 Å². The maximum atomic E-state index is 6.19. The molecule has 0 spiro atoms. The van der Waals surface area contributed by atoms with Gasteiger partial charge in [-0.15, -0.1) is 0 Å². The van der Waals surface area contributed by atoms with Gasteiger partial charge in [-0.1, -0.05) is 83.3 Å². The average molecular weight is 454 g/mol. The van der Waals surface area contributed by atoms with E-state index in [1.54, 1.807) is 7.11 Å². The second-order valence-corrected chi connectivity index (χ2v) is 6.84. The first-order chi connectivity index (χ1) is 12.3. The molecule has 1 aliphatic heterocycles. The normalized spacial score (nSPS) is 26.0. The van der Waals surface area contributed by atoms with E-state index in [4.69, 9.17) is 18.9 Å². The predicted octanol–water partition coefficient (Wildman–Crippen LogP) is 3.96. The van der Waals surface area contributed by atoms with Gasteiger partial charge in [-0.2, -0.15) is 0 Å². The molecular formula is C20H23IO4. The fourth-order valence-corrected chi connectivity index (χ4v) is 3.63. The van der Waals surface area contributed by atoms with Crippen LogP contribution in [0.4, 0.5) is 0 Å². The maximum absolute atomic E-state index is 6.19. The first kappa shape index (κ1) is 18.8. The van der Waals surface area contributed by atoms with Gasteiger partial charge in [0.25, 0.3) is 0 Å². The van der Waals surface area contributed by atoms with Crippen molar-refractivity contribution in [2.24, 2.45) is 0 Å². The molecule has 0 aromatic heterocycles. The Morgan fingerprint density at radius 3 is 1.84 bits per heavy atom. The molecule has 1 aliphatic rings. The number of ether oxygens (including phenoxy) is 4. The largest absolute Gasteiger partial charge is 0.368 e. The highest BCUT2D eigenvalue weighted by Gasteiger charge is 2.46. The zero-order valence-electron chi connectivity index (χ0n) is 14.2. The number of methoxy groups -OCH3 is 1. The number of halogens is 1. The topological polar surface area (TPSA) is 36.9 Å². The molecule has 2 aromatic carbocycles. The van der Waals surface area contributed by atoms with Gasteiger partial charge in [0.1, 0.15) is 12.2 Å². The molecule has 5 heteroatoms. The lowest BCUT2D eigenvalue weighted by atomic mass is 10.1. The number of rotatable bonds is 8. The summed E-state index contributed by atoms with van der Waals surface area (Å²) in [7, 11) is 1.65. The van der Waals surface area contributed by atoms with Crippen molar-refractivity contribution in [2.75, 3.05) is 11.5 Å². The average Bonchev–Trinajstić information content (AvgIpc) is 3.03. The molecular weight excluding hydrogens is 431 g/mol. The van der Waals surface area contributed by atoms with Crippen molar-refractivity contribution < 1.29 is 18.9 Å². The van der Waals surface area contributed by atoms with Crippen molar-refractivity contribution in [3.05, 3.63) is 71.8 Å². The molecule has 3 rings (SSSR count). The highest BCUT2D eigenvalue weighted by atomic mass is 127. The van der Waals surface area contributed by atoms with E-state index in [2.05, 4.69) is 34.7 Å². The zero-order chi connectivity index (χ0) is 17.5. The van der Waals surface area contributed by atoms with Crippen LogP contribution in [0.3, 0.4) is 0 Å². The minimum absolute atomic E-state index is 0.0463. The van der Waals surface area contributed by atoms with Crippen LogP contribution in [0, 0.1) is 0 Å². The van der Waals surface area contributed by atoms with E-state index >= 15 is 0 Å². The lowest BCUT2D eigenvalue weighted by molar-refractivity contribution is -0.165. The summed E-state index contributed by atoms with van der Waals surface area (Å²) >= 11 is 2.32. The van der Waals surface area contributed by atoms with Crippen LogP contribution in [0.1, 0.15) is 11.1 Å². The van der Waals surface area contributed by atoms with Gasteiger partial charge in [0.15, 0.2) is 6.29 Å². The van der Waals surface area contributed by atoms with E-state index < -0.39 is 6.29 Å². The lowest BCUT2D eigenvalue weighted by Gasteiger charge is -2.24. The molecule has 134 valence electrons. The molecule has 0 saturated carbocycles. The summed E-state index contributed by atoms with van der Waals surface area (Å²) in [4.78, 5) is 0. The fraction of sp³-hybridized carbons (Fsp3) is 0.400. The molecule has 1 heterocycles. The first-order valence-electron chi connectivity index (χ1n) is 8.37. The van der Waals surface area contributed by atoms with E-state index in [-0.39, 0.29) is 18.3 Å². The molecule has 4 nitrogen and oxygen atoms in total. The summed E-state index contributed by atoms with van der Waals surface area (Å²) in [5, 5.41) is 0. The fourth-order valence-electron chi connectivity index (χ4n) is 2.92. The summed E-state index contributed by atoms with van der Waals surface area (Å²) in [5.74, 6) is 0. The predicted molar refractivity (Wildman–Crippen MR) is 105 cm³/mol. The van der Waals surface area contributed by atoms with Crippen LogP contribution in [0.25, 0.3) is 0 Å². The van der Waals surface area contributed by atoms with Crippen LogP contribution in [-0.2, 0) is 32.2 Å². The van der Waals surface area contributed by atoms with E-state index in [1.165, 1.54) is 0 Å². The Hall–Kier alpha value is -0.990. The van der Waals surface area contributed by atoms with E-state index in [1.807, 2.05) is 48.5 Å². The number of hydrogen-bond donors (Lipinski definition) is 0. The van der Waals surface area contributed by atoms with E-state index in [9.17, 15) is 0 Å². The number of benzene rings is 2. The third-order valence-electron chi connectivity index (χ3n) is 4.22. The Morgan fingerprint density at radius 1 is 0.840 bits per heavy atom. The summed E-state index contributed by atoms with van der Waals surface area (Å²) in [6.07, 6.45) is -0.876. The number of alkyl halides is 1. The van der Waals surface area contributed by atoms with Crippen molar-refractivity contribution in [2.45, 2.75) is 37.8 Å². The van der Waals surface area contributed by atoms with Crippen LogP contribution in [0.15, 0.2) is 60.7 Å². The van der Waals surface area contributed by atoms with Gasteiger partial charge < -0.3 is 18.9 Å². The highest BCUT2D eigenvalue weighted by Crippen LogP contribution is 2.30. The SMILES string of the molecule is COC1O[C@H](CI)[C@H](OCc2ccccc2)[C@H]1OCc1ccccc1. The second kappa shape index (κ2) is 9.64. The summed E-state index contributed by atoms with van der Waals surface area (Å²) < 4.78 is 24.6. The van der Waals surface area contributed by atoms with Crippen molar-refractivity contribution in [1.29, 1.82) is 0 Å². The zero-order valence-corrected chi connectivity index (χ0v) is 16.4. The Bertz CT molecular complexity index is 567. The molecule has 0 aliphatic carbocycles. The molecule has 0 bridgehead atoms. The van der Waals surface area contributed by atoms with Gasteiger partial charge in [0.05, 0.1) is 19.3 Å². The molecule has 1 fully saturated rings. The van der Waals surface area contributed by atoms with E-state index in [0.717, 1.165) is 15.6 Å². The lowest BCUT2D eigenvalue weighted by Crippen LogP contribution is -2.38. The Morgan fingerprint density at radius 2 is 1.36 bits per heavy atom. The summed E-state index contributed by atoms with van der Waals surface area (Å²) in [6, 6.07) is 20.3. The number of hydrogen-bond acceptors (Lipinski definition) is 4. The van der Waals surface area contributed by atoms with Crippen LogP contribution in [0.5, 0.6) is 0 Å². The monoisotopic (exact) mass is 454 g/mol. The van der Waals surface area contributed by atoms with Gasteiger partial charge in [0, 0.05) is 11.5 Å². The maximum Gasteiger partial charge on any atom is 0.186 e. The molecule has 0 amide bonds. The highest BCUT2D eigenvalue weighted by molar-refractivity contribution is 14.1. The molecule has 0 N–H and O–H groups in total. The van der Waals surface area contributed by atoms with Gasteiger partial charge in [0.2, 0.25) is 0 Å². The van der Waals surface area contributed by atoms with Crippen LogP contribution < -0.4 is 0 Å². The van der Waals surface area contributed by atoms with Crippen LogP contribution in [0.2, 0.25) is 0 Å². The molecule has 25 heavy (non-hydrogen) atoms. The standard InChI is InChI=1S/C20H23IO4/c1-22-20-19(24-14-16-10-6-3-7-11-16)18(17(12-21)25-20)23-13-15-8-4-2-5-9-15/h2-11,17-20H,12-14H2,1H3/t17-,18+,19-,20?/m1/s1. The summed E-state index contributed by atoms with van der Waals surface area (Å²) in [6.45, 7) is 1.04. The van der Waals surface area contributed by atoms with Gasteiger partial charge >= 0.3 is 0 Å². The molecule has 1 saturated heterocycles. The van der Waals surface area contributed by atoms with Gasteiger partial charge in [-0.3, -0.25) is 0 Å². The third kappa shape index (κ3) is 5.01. The second-order valence-electron chi connectivity index (χ2n) is 5.96. The Kier molecular flexibility index (Phi) is 7.24. The molecule has 1 unspecified atom stereocenters. The van der Waals surface area contributed by atoms with Crippen LogP contribution in [-0.4, -0.2) is 36.1 Å². The molecule has 4 atom stereocenters. The van der Waals surface area contributed by atoms with Gasteiger partial charge in [-0.25, -0.2) is 0 Å². The smallest absolute Gasteiger partial charge is 0.186 e. The van der Waals surface area contributed by atoms with E-state index in [0.29, 0.717) is 13.2 Å². The first-order valence-corrected chi connectivity index (χ1v) is 9.89. The van der Waals surface area contributed by atoms with Crippen molar-refractivity contribution >= 4 is 22.6 Å². The Labute approximate surface area is 162 Å². The van der Waals surface area contributed by atoms with Crippen molar-refractivity contribution in [1.82, 2.24) is 0 Å². The van der Waals surface area contributed by atoms with Crippen molar-refractivity contribution in [3.63, 3.8) is 0 Å².